The van der Waals surface area contributed by atoms with Crippen molar-refractivity contribution in [2.24, 2.45) is 0 Å². The Morgan fingerprint density at radius 1 is 0.744 bits per heavy atom. The fourth-order valence-corrected chi connectivity index (χ4v) is 12.2. The Bertz CT molecular complexity index is 1120. The van der Waals surface area contributed by atoms with Crippen molar-refractivity contribution in [3.05, 3.63) is 28.8 Å². The lowest BCUT2D eigenvalue weighted by molar-refractivity contribution is 0.0953. The van der Waals surface area contributed by atoms with Crippen LogP contribution >= 0.6 is 0 Å². The minimum Gasteiger partial charge on any atom is -0.542 e. The minimum absolute atomic E-state index is 0.174. The zero-order valence-corrected chi connectivity index (χ0v) is 27.2. The van der Waals surface area contributed by atoms with Crippen molar-refractivity contribution in [1.29, 1.82) is 0 Å². The van der Waals surface area contributed by atoms with E-state index >= 15 is 0 Å². The summed E-state index contributed by atoms with van der Waals surface area (Å²) in [5, 5.41) is 0. The SMILES string of the molecule is CCCc1cc(O[Si](C(C)C)(C(C)C)C(C)C)c2c(c1OC)-c1c(cc(OC)c(OC)c1OC)CCC2OC. The molecule has 0 aliphatic heterocycles. The zero-order valence-electron chi connectivity index (χ0n) is 26.2. The molecule has 39 heavy (non-hydrogen) atoms. The summed E-state index contributed by atoms with van der Waals surface area (Å²) in [7, 11) is 6.26. The number of aryl methyl sites for hydroxylation is 2. The molecule has 1 unspecified atom stereocenters. The Morgan fingerprint density at radius 2 is 1.33 bits per heavy atom. The monoisotopic (exact) mass is 558 g/mol. The van der Waals surface area contributed by atoms with Crippen molar-refractivity contribution in [3.63, 3.8) is 0 Å². The summed E-state index contributed by atoms with van der Waals surface area (Å²) in [4.78, 5) is 0. The molecule has 0 spiro atoms. The van der Waals surface area contributed by atoms with Crippen LogP contribution < -0.4 is 23.4 Å². The van der Waals surface area contributed by atoms with Crippen molar-refractivity contribution in [3.8, 4) is 39.9 Å². The van der Waals surface area contributed by atoms with E-state index in [4.69, 9.17) is 28.1 Å². The van der Waals surface area contributed by atoms with Gasteiger partial charge in [0.2, 0.25) is 5.75 Å². The molecule has 6 nitrogen and oxygen atoms in total. The van der Waals surface area contributed by atoms with E-state index in [9.17, 15) is 0 Å². The summed E-state index contributed by atoms with van der Waals surface area (Å²) in [6, 6.07) is 4.31. The molecule has 3 rings (SSSR count). The zero-order chi connectivity index (χ0) is 29.1. The molecule has 7 heteroatoms. The second-order valence-electron chi connectivity index (χ2n) is 11.5. The van der Waals surface area contributed by atoms with E-state index in [1.807, 2.05) is 0 Å². The van der Waals surface area contributed by atoms with Crippen LogP contribution in [-0.4, -0.2) is 43.9 Å². The predicted molar refractivity (Wildman–Crippen MR) is 162 cm³/mol. The second-order valence-corrected chi connectivity index (χ2v) is 16.8. The van der Waals surface area contributed by atoms with Gasteiger partial charge in [-0.05, 0) is 59.1 Å². The molecular formula is C32H50O6Si. The standard InChI is InChI=1S/C32H50O6Si/c1-13-14-23-18-25(38-39(19(2)3,20(4)5)21(6)7)28-24(33-8)16-15-22-17-26(34-9)31(36-11)32(37-12)27(22)29(28)30(23)35-10/h17-21,24H,13-16H2,1-12H3. The third-order valence-electron chi connectivity index (χ3n) is 8.52. The van der Waals surface area contributed by atoms with Crippen molar-refractivity contribution in [1.82, 2.24) is 0 Å². The molecule has 1 atom stereocenters. The quantitative estimate of drug-likeness (QED) is 0.243. The first-order valence-corrected chi connectivity index (χ1v) is 16.5. The summed E-state index contributed by atoms with van der Waals surface area (Å²) in [6.45, 7) is 16.1. The molecule has 0 N–H and O–H groups in total. The van der Waals surface area contributed by atoms with Crippen LogP contribution in [0.25, 0.3) is 11.1 Å². The molecule has 0 aromatic heterocycles. The molecule has 0 heterocycles. The molecule has 0 amide bonds. The minimum atomic E-state index is -2.28. The molecule has 0 saturated carbocycles. The molecule has 0 saturated heterocycles. The lowest BCUT2D eigenvalue weighted by atomic mass is 9.89. The van der Waals surface area contributed by atoms with Crippen molar-refractivity contribution in [2.45, 2.75) is 96.9 Å². The number of benzene rings is 2. The van der Waals surface area contributed by atoms with Gasteiger partial charge in [0.25, 0.3) is 8.32 Å². The highest BCUT2D eigenvalue weighted by atomic mass is 28.4. The highest BCUT2D eigenvalue weighted by molar-refractivity contribution is 6.78. The summed E-state index contributed by atoms with van der Waals surface area (Å²) in [5.41, 5.74) is 6.53. The van der Waals surface area contributed by atoms with Crippen LogP contribution in [0, 0.1) is 0 Å². The normalized spacial score (nSPS) is 15.2. The average Bonchev–Trinajstić information content (AvgIpc) is 3.06. The summed E-state index contributed by atoms with van der Waals surface area (Å²) in [5.74, 6) is 3.63. The fourth-order valence-electron chi connectivity index (χ4n) is 6.94. The molecule has 0 fully saturated rings. The third-order valence-corrected chi connectivity index (χ3v) is 14.5. The maximum Gasteiger partial charge on any atom is 0.258 e. The Morgan fingerprint density at radius 3 is 1.79 bits per heavy atom. The van der Waals surface area contributed by atoms with Gasteiger partial charge in [-0.3, -0.25) is 0 Å². The number of hydrogen-bond donors (Lipinski definition) is 0. The smallest absolute Gasteiger partial charge is 0.258 e. The maximum absolute atomic E-state index is 7.46. The Balaban J connectivity index is 2.56. The van der Waals surface area contributed by atoms with Crippen LogP contribution in [0.5, 0.6) is 28.7 Å². The Kier molecular flexibility index (Phi) is 10.3. The molecule has 0 bridgehead atoms. The van der Waals surface area contributed by atoms with E-state index in [-0.39, 0.29) is 6.10 Å². The molecule has 2 aromatic carbocycles. The molecule has 218 valence electrons. The van der Waals surface area contributed by atoms with Gasteiger partial charge in [-0.15, -0.1) is 0 Å². The number of rotatable bonds is 12. The van der Waals surface area contributed by atoms with Gasteiger partial charge in [0.05, 0.1) is 34.5 Å². The molecule has 2 aromatic rings. The number of methoxy groups -OCH3 is 5. The third kappa shape index (κ3) is 5.36. The van der Waals surface area contributed by atoms with Crippen LogP contribution in [0.1, 0.15) is 84.1 Å². The summed E-state index contributed by atoms with van der Waals surface area (Å²) < 4.78 is 37.6. The van der Waals surface area contributed by atoms with Gasteiger partial charge in [-0.2, -0.15) is 0 Å². The summed E-state index contributed by atoms with van der Waals surface area (Å²) >= 11 is 0. The highest BCUT2D eigenvalue weighted by Gasteiger charge is 2.48. The number of hydrogen-bond acceptors (Lipinski definition) is 6. The number of fused-ring (bicyclic) bond motifs is 3. The van der Waals surface area contributed by atoms with Crippen LogP contribution in [-0.2, 0) is 17.6 Å². The Labute approximate surface area is 237 Å². The van der Waals surface area contributed by atoms with E-state index in [1.165, 1.54) is 0 Å². The topological polar surface area (TPSA) is 55.4 Å². The van der Waals surface area contributed by atoms with E-state index in [1.54, 1.807) is 35.5 Å². The van der Waals surface area contributed by atoms with Crippen LogP contribution in [0.4, 0.5) is 0 Å². The van der Waals surface area contributed by atoms with E-state index in [2.05, 4.69) is 60.6 Å². The average molecular weight is 559 g/mol. The highest BCUT2D eigenvalue weighted by Crippen LogP contribution is 2.57. The lowest BCUT2D eigenvalue weighted by Gasteiger charge is -2.43. The van der Waals surface area contributed by atoms with Crippen molar-refractivity contribution in [2.75, 3.05) is 35.5 Å². The van der Waals surface area contributed by atoms with Gasteiger partial charge >= 0.3 is 0 Å². The molecular weight excluding hydrogens is 508 g/mol. The van der Waals surface area contributed by atoms with Gasteiger partial charge < -0.3 is 28.1 Å². The van der Waals surface area contributed by atoms with Crippen LogP contribution in [0.15, 0.2) is 12.1 Å². The Hall–Kier alpha value is -2.38. The van der Waals surface area contributed by atoms with Crippen molar-refractivity contribution >= 4 is 8.32 Å². The predicted octanol–water partition coefficient (Wildman–Crippen LogP) is 8.53. The molecule has 1 aliphatic carbocycles. The first-order chi connectivity index (χ1) is 18.6. The summed E-state index contributed by atoms with van der Waals surface area (Å²) in [6.07, 6.45) is 3.26. The van der Waals surface area contributed by atoms with E-state index < -0.39 is 8.32 Å². The van der Waals surface area contributed by atoms with Gasteiger partial charge in [0.1, 0.15) is 11.5 Å². The van der Waals surface area contributed by atoms with E-state index in [0.717, 1.165) is 65.0 Å². The molecule has 1 aliphatic rings. The second kappa shape index (κ2) is 12.9. The van der Waals surface area contributed by atoms with Crippen molar-refractivity contribution < 1.29 is 28.1 Å². The van der Waals surface area contributed by atoms with Gasteiger partial charge in [0, 0.05) is 23.8 Å². The first kappa shape index (κ1) is 31.1. The van der Waals surface area contributed by atoms with Gasteiger partial charge in [-0.1, -0.05) is 54.9 Å². The van der Waals surface area contributed by atoms with Crippen LogP contribution in [0.2, 0.25) is 16.6 Å². The fraction of sp³-hybridized carbons (Fsp3) is 0.625. The number of ether oxygens (including phenoxy) is 5. The molecule has 0 radical (unpaired) electrons. The van der Waals surface area contributed by atoms with Crippen LogP contribution in [0.3, 0.4) is 0 Å². The largest absolute Gasteiger partial charge is 0.542 e. The van der Waals surface area contributed by atoms with Gasteiger partial charge in [-0.25, -0.2) is 0 Å². The van der Waals surface area contributed by atoms with E-state index in [0.29, 0.717) is 33.9 Å². The maximum atomic E-state index is 7.46. The lowest BCUT2D eigenvalue weighted by Crippen LogP contribution is -2.51. The van der Waals surface area contributed by atoms with Gasteiger partial charge in [0.15, 0.2) is 11.5 Å². The first-order valence-electron chi connectivity index (χ1n) is 14.3.